The number of piperidine rings is 1. The molecule has 3 heterocycles. The van der Waals surface area contributed by atoms with Crippen molar-refractivity contribution in [3.05, 3.63) is 47.3 Å². The van der Waals surface area contributed by atoms with Crippen molar-refractivity contribution in [3.8, 4) is 0 Å². The quantitative estimate of drug-likeness (QED) is 0.937. The molecule has 1 fully saturated rings. The molecule has 0 unspecified atom stereocenters. The Kier molecular flexibility index (Phi) is 4.28. The summed E-state index contributed by atoms with van der Waals surface area (Å²) in [6.45, 7) is 2.11. The first kappa shape index (κ1) is 13.5. The minimum atomic E-state index is 0.467. The number of nitrogens with one attached hydrogen (secondary N) is 1. The van der Waals surface area contributed by atoms with Gasteiger partial charge in [-0.05, 0) is 66.1 Å². The third-order valence-corrected chi connectivity index (χ3v) is 4.03. The Bertz CT molecular complexity index is 538. The van der Waals surface area contributed by atoms with Crippen LogP contribution in [0.15, 0.2) is 47.3 Å². The minimum absolute atomic E-state index is 0.467. The van der Waals surface area contributed by atoms with Gasteiger partial charge in [0, 0.05) is 22.9 Å². The van der Waals surface area contributed by atoms with Crippen LogP contribution in [0.4, 0.5) is 11.5 Å². The van der Waals surface area contributed by atoms with Crippen molar-refractivity contribution in [1.29, 1.82) is 0 Å². The largest absolute Gasteiger partial charge is 0.322 e. The molecule has 2 aromatic rings. The van der Waals surface area contributed by atoms with Crippen LogP contribution in [0.5, 0.6) is 0 Å². The van der Waals surface area contributed by atoms with Gasteiger partial charge in [-0.15, -0.1) is 0 Å². The molecule has 0 bridgehead atoms. The van der Waals surface area contributed by atoms with Gasteiger partial charge in [0.2, 0.25) is 0 Å². The Morgan fingerprint density at radius 2 is 2.00 bits per heavy atom. The van der Waals surface area contributed by atoms with Crippen LogP contribution in [-0.2, 0) is 0 Å². The van der Waals surface area contributed by atoms with Crippen molar-refractivity contribution in [2.45, 2.75) is 18.9 Å². The average Bonchev–Trinajstić information content (AvgIpc) is 2.52. The highest BCUT2D eigenvalue weighted by atomic mass is 79.9. The van der Waals surface area contributed by atoms with Crippen molar-refractivity contribution >= 4 is 27.4 Å². The summed E-state index contributed by atoms with van der Waals surface area (Å²) in [6.07, 6.45) is 7.80. The summed E-state index contributed by atoms with van der Waals surface area (Å²) in [6, 6.07) is 8.63. The molecule has 3 rings (SSSR count). The Balaban J connectivity index is 1.96. The second-order valence-electron chi connectivity index (χ2n) is 4.90. The number of aromatic nitrogens is 2. The first-order valence-electron chi connectivity index (χ1n) is 6.86. The van der Waals surface area contributed by atoms with E-state index in [2.05, 4.69) is 48.2 Å². The van der Waals surface area contributed by atoms with E-state index in [1.54, 1.807) is 6.20 Å². The van der Waals surface area contributed by atoms with Crippen molar-refractivity contribution in [2.75, 3.05) is 18.0 Å². The van der Waals surface area contributed by atoms with Gasteiger partial charge in [0.05, 0.1) is 11.9 Å². The van der Waals surface area contributed by atoms with Gasteiger partial charge >= 0.3 is 0 Å². The van der Waals surface area contributed by atoms with Gasteiger partial charge in [-0.2, -0.15) is 0 Å². The number of rotatable bonds is 3. The fourth-order valence-corrected chi connectivity index (χ4v) is 2.84. The van der Waals surface area contributed by atoms with Crippen molar-refractivity contribution in [1.82, 2.24) is 15.3 Å². The van der Waals surface area contributed by atoms with E-state index in [0.29, 0.717) is 6.04 Å². The molecular weight excluding hydrogens is 316 g/mol. The highest BCUT2D eigenvalue weighted by Gasteiger charge is 2.23. The highest BCUT2D eigenvalue weighted by Crippen LogP contribution is 2.29. The lowest BCUT2D eigenvalue weighted by Crippen LogP contribution is -2.41. The summed E-state index contributed by atoms with van der Waals surface area (Å²) in [4.78, 5) is 11.1. The molecule has 0 atom stereocenters. The molecule has 5 heteroatoms. The number of halogens is 1. The van der Waals surface area contributed by atoms with Crippen molar-refractivity contribution in [3.63, 3.8) is 0 Å². The van der Waals surface area contributed by atoms with E-state index in [0.717, 1.165) is 41.9 Å². The first-order valence-corrected chi connectivity index (χ1v) is 7.65. The summed E-state index contributed by atoms with van der Waals surface area (Å²) in [5.41, 5.74) is 1.11. The van der Waals surface area contributed by atoms with Crippen LogP contribution in [0, 0.1) is 0 Å². The number of hydrogen-bond donors (Lipinski definition) is 1. The van der Waals surface area contributed by atoms with Gasteiger partial charge in [-0.25, -0.2) is 4.98 Å². The Hall–Kier alpha value is -1.46. The molecule has 1 saturated heterocycles. The molecule has 4 nitrogen and oxygen atoms in total. The first-order chi connectivity index (χ1) is 9.84. The Morgan fingerprint density at radius 1 is 1.15 bits per heavy atom. The van der Waals surface area contributed by atoms with Gasteiger partial charge in [0.15, 0.2) is 0 Å². The minimum Gasteiger partial charge on any atom is -0.322 e. The number of hydrogen-bond acceptors (Lipinski definition) is 4. The Labute approximate surface area is 127 Å². The van der Waals surface area contributed by atoms with Crippen LogP contribution < -0.4 is 10.2 Å². The lowest BCUT2D eigenvalue weighted by molar-refractivity contribution is 0.450. The van der Waals surface area contributed by atoms with E-state index in [1.807, 2.05) is 24.5 Å². The molecular formula is C15H17BrN4. The molecule has 0 aliphatic carbocycles. The fourth-order valence-electron chi connectivity index (χ4n) is 2.60. The topological polar surface area (TPSA) is 41.1 Å². The zero-order chi connectivity index (χ0) is 13.8. The standard InChI is InChI=1S/C15H17BrN4/c16-12-3-4-15(19-10-12)20(13-5-8-17-9-6-13)14-2-1-7-18-11-14/h1-4,7,10-11,13,17H,5-6,8-9H2. The molecule has 1 aliphatic heterocycles. The highest BCUT2D eigenvalue weighted by molar-refractivity contribution is 9.10. The molecule has 104 valence electrons. The summed E-state index contributed by atoms with van der Waals surface area (Å²) in [7, 11) is 0. The lowest BCUT2D eigenvalue weighted by atomic mass is 10.0. The molecule has 20 heavy (non-hydrogen) atoms. The van der Waals surface area contributed by atoms with Crippen LogP contribution in [-0.4, -0.2) is 29.1 Å². The van der Waals surface area contributed by atoms with Gasteiger partial charge in [0.25, 0.3) is 0 Å². The molecule has 0 spiro atoms. The van der Waals surface area contributed by atoms with Crippen LogP contribution >= 0.6 is 15.9 Å². The zero-order valence-corrected chi connectivity index (χ0v) is 12.8. The van der Waals surface area contributed by atoms with E-state index in [9.17, 15) is 0 Å². The third kappa shape index (κ3) is 2.99. The number of pyridine rings is 2. The summed E-state index contributed by atoms with van der Waals surface area (Å²) < 4.78 is 0.998. The molecule has 2 aromatic heterocycles. The zero-order valence-electron chi connectivity index (χ0n) is 11.2. The van der Waals surface area contributed by atoms with Gasteiger partial charge in [-0.3, -0.25) is 4.98 Å². The van der Waals surface area contributed by atoms with E-state index in [-0.39, 0.29) is 0 Å². The molecule has 1 N–H and O–H groups in total. The molecule has 0 aromatic carbocycles. The average molecular weight is 333 g/mol. The molecule has 0 amide bonds. The summed E-state index contributed by atoms with van der Waals surface area (Å²) >= 11 is 3.44. The summed E-state index contributed by atoms with van der Waals surface area (Å²) in [5, 5.41) is 3.41. The maximum absolute atomic E-state index is 4.56. The fraction of sp³-hybridized carbons (Fsp3) is 0.333. The summed E-state index contributed by atoms with van der Waals surface area (Å²) in [5.74, 6) is 0.980. The second kappa shape index (κ2) is 6.33. The molecule has 0 saturated carbocycles. The van der Waals surface area contributed by atoms with E-state index >= 15 is 0 Å². The normalized spacial score (nSPS) is 16.1. The van der Waals surface area contributed by atoms with Crippen LogP contribution in [0.25, 0.3) is 0 Å². The third-order valence-electron chi connectivity index (χ3n) is 3.56. The van der Waals surface area contributed by atoms with Gasteiger partial charge in [-0.1, -0.05) is 0 Å². The number of anilines is 2. The monoisotopic (exact) mass is 332 g/mol. The van der Waals surface area contributed by atoms with E-state index < -0.39 is 0 Å². The van der Waals surface area contributed by atoms with Crippen LogP contribution in [0.2, 0.25) is 0 Å². The van der Waals surface area contributed by atoms with Gasteiger partial charge in [0.1, 0.15) is 5.82 Å². The maximum atomic E-state index is 4.56. The predicted octanol–water partition coefficient (Wildman–Crippen LogP) is 3.13. The van der Waals surface area contributed by atoms with Crippen LogP contribution in [0.3, 0.4) is 0 Å². The predicted molar refractivity (Wildman–Crippen MR) is 84.2 cm³/mol. The van der Waals surface area contributed by atoms with Crippen LogP contribution in [0.1, 0.15) is 12.8 Å². The number of nitrogens with zero attached hydrogens (tertiary/aromatic N) is 3. The Morgan fingerprint density at radius 3 is 2.65 bits per heavy atom. The molecule has 1 aliphatic rings. The second-order valence-corrected chi connectivity index (χ2v) is 5.81. The van der Waals surface area contributed by atoms with Gasteiger partial charge < -0.3 is 10.2 Å². The SMILES string of the molecule is Brc1ccc(N(c2cccnc2)C2CCNCC2)nc1. The van der Waals surface area contributed by atoms with E-state index in [1.165, 1.54) is 0 Å². The lowest BCUT2D eigenvalue weighted by Gasteiger charge is -2.35. The van der Waals surface area contributed by atoms with Crippen molar-refractivity contribution in [2.24, 2.45) is 0 Å². The maximum Gasteiger partial charge on any atom is 0.133 e. The van der Waals surface area contributed by atoms with E-state index in [4.69, 9.17) is 0 Å². The smallest absolute Gasteiger partial charge is 0.133 e. The molecule has 0 radical (unpaired) electrons. The van der Waals surface area contributed by atoms with Crippen molar-refractivity contribution < 1.29 is 0 Å².